The Kier molecular flexibility index (Phi) is 15.7. The van der Waals surface area contributed by atoms with Gasteiger partial charge in [-0.05, 0) is 0 Å². The highest BCUT2D eigenvalue weighted by molar-refractivity contribution is 7.46. The lowest BCUT2D eigenvalue weighted by Gasteiger charge is -1.95. The number of hydrogen-bond acceptors (Lipinski definition) is 6. The van der Waals surface area contributed by atoms with Crippen LogP contribution in [-0.4, -0.2) is 41.1 Å². The SMILES string of the molecule is NCCNCCO.O=[PH](O)O[PH](=O)O. The van der Waals surface area contributed by atoms with Crippen LogP contribution < -0.4 is 11.1 Å². The van der Waals surface area contributed by atoms with E-state index in [1.54, 1.807) is 0 Å². The van der Waals surface area contributed by atoms with E-state index in [-0.39, 0.29) is 6.61 Å². The van der Waals surface area contributed by atoms with Gasteiger partial charge in [0.25, 0.3) is 0 Å². The van der Waals surface area contributed by atoms with Gasteiger partial charge in [-0.1, -0.05) is 0 Å². The van der Waals surface area contributed by atoms with Gasteiger partial charge in [0.2, 0.25) is 0 Å². The van der Waals surface area contributed by atoms with Gasteiger partial charge in [-0.15, -0.1) is 0 Å². The number of rotatable bonds is 6. The Morgan fingerprint density at radius 3 is 1.93 bits per heavy atom. The number of nitrogens with one attached hydrogen (secondary N) is 1. The third-order valence-electron chi connectivity index (χ3n) is 0.784. The summed E-state index contributed by atoms with van der Waals surface area (Å²) in [5.74, 6) is 0. The number of aliphatic hydroxyl groups is 1. The van der Waals surface area contributed by atoms with Gasteiger partial charge in [0, 0.05) is 19.6 Å². The van der Waals surface area contributed by atoms with Gasteiger partial charge in [0.1, 0.15) is 0 Å². The summed E-state index contributed by atoms with van der Waals surface area (Å²) >= 11 is 0. The van der Waals surface area contributed by atoms with E-state index in [4.69, 9.17) is 20.6 Å². The molecule has 0 saturated heterocycles. The molecule has 0 aromatic carbocycles. The van der Waals surface area contributed by atoms with E-state index in [9.17, 15) is 9.13 Å². The van der Waals surface area contributed by atoms with Crippen LogP contribution in [-0.2, 0) is 13.4 Å². The maximum absolute atomic E-state index is 9.44. The van der Waals surface area contributed by atoms with E-state index >= 15 is 0 Å². The first-order valence-electron chi connectivity index (χ1n) is 3.70. The van der Waals surface area contributed by atoms with E-state index in [1.165, 1.54) is 0 Å². The minimum Gasteiger partial charge on any atom is -0.395 e. The lowest BCUT2D eigenvalue weighted by atomic mass is 10.6. The van der Waals surface area contributed by atoms with Crippen molar-refractivity contribution in [1.29, 1.82) is 0 Å². The summed E-state index contributed by atoms with van der Waals surface area (Å²) in [5.41, 5.74) is 5.13. The number of nitrogens with two attached hydrogens (primary N) is 1. The molecule has 14 heavy (non-hydrogen) atoms. The zero-order valence-corrected chi connectivity index (χ0v) is 9.47. The molecule has 0 amide bonds. The topological polar surface area (TPSA) is 142 Å². The van der Waals surface area contributed by atoms with Crippen molar-refractivity contribution in [2.24, 2.45) is 5.73 Å². The summed E-state index contributed by atoms with van der Waals surface area (Å²) in [5, 5.41) is 11.1. The van der Waals surface area contributed by atoms with Gasteiger partial charge in [0.05, 0.1) is 6.61 Å². The summed E-state index contributed by atoms with van der Waals surface area (Å²) in [4.78, 5) is 15.4. The molecule has 0 aromatic rings. The molecule has 0 rings (SSSR count). The van der Waals surface area contributed by atoms with Crippen LogP contribution in [0.2, 0.25) is 0 Å². The van der Waals surface area contributed by atoms with Gasteiger partial charge < -0.3 is 25.9 Å². The van der Waals surface area contributed by atoms with E-state index in [0.717, 1.165) is 6.54 Å². The third kappa shape index (κ3) is 22.8. The second-order valence-electron chi connectivity index (χ2n) is 1.90. The van der Waals surface area contributed by atoms with E-state index in [2.05, 4.69) is 9.63 Å². The third-order valence-corrected chi connectivity index (χ3v) is 2.18. The van der Waals surface area contributed by atoms with Crippen LogP contribution in [0.1, 0.15) is 0 Å². The maximum atomic E-state index is 9.44. The molecule has 0 aliphatic rings. The Morgan fingerprint density at radius 1 is 1.21 bits per heavy atom. The molecule has 0 bridgehead atoms. The van der Waals surface area contributed by atoms with E-state index < -0.39 is 16.5 Å². The zero-order valence-electron chi connectivity index (χ0n) is 7.47. The van der Waals surface area contributed by atoms with Crippen LogP contribution in [0.25, 0.3) is 0 Å². The van der Waals surface area contributed by atoms with Crippen molar-refractivity contribution in [1.82, 2.24) is 5.32 Å². The standard InChI is InChI=1S/C4H12N2O.H4O5P2/c5-1-2-6-3-4-7;1-6(2)5-7(3)4/h6-7H,1-5H2;6-7H,(H,1,2)(H,3,4). The average Bonchev–Trinajstić information content (AvgIpc) is 2.04. The summed E-state index contributed by atoms with van der Waals surface area (Å²) in [6.45, 7) is 2.28. The quantitative estimate of drug-likeness (QED) is 0.277. The Labute approximate surface area is 83.0 Å². The van der Waals surface area contributed by atoms with Crippen molar-refractivity contribution in [2.75, 3.05) is 26.2 Å². The first kappa shape index (κ1) is 16.6. The molecule has 0 heterocycles. The average molecular weight is 250 g/mol. The molecule has 88 valence electrons. The maximum Gasteiger partial charge on any atom is 0.323 e. The van der Waals surface area contributed by atoms with Gasteiger partial charge in [-0.2, -0.15) is 0 Å². The predicted molar refractivity (Wildman–Crippen MR) is 52.5 cm³/mol. The molecule has 0 aliphatic heterocycles. The van der Waals surface area contributed by atoms with Crippen LogP contribution >= 0.6 is 16.5 Å². The minimum atomic E-state index is -3.20. The Hall–Kier alpha value is 0.220. The van der Waals surface area contributed by atoms with E-state index in [1.807, 2.05) is 0 Å². The fourth-order valence-corrected chi connectivity index (χ4v) is 0.978. The van der Waals surface area contributed by atoms with Crippen molar-refractivity contribution in [3.05, 3.63) is 0 Å². The molecule has 0 fully saturated rings. The summed E-state index contributed by atoms with van der Waals surface area (Å²) < 4.78 is 22.3. The molecule has 10 heteroatoms. The molecule has 8 nitrogen and oxygen atoms in total. The van der Waals surface area contributed by atoms with E-state index in [0.29, 0.717) is 13.1 Å². The monoisotopic (exact) mass is 250 g/mol. The molecule has 0 radical (unpaired) electrons. The minimum absolute atomic E-state index is 0.194. The Morgan fingerprint density at radius 2 is 1.71 bits per heavy atom. The van der Waals surface area contributed by atoms with Crippen LogP contribution in [0.4, 0.5) is 0 Å². The number of aliphatic hydroxyl groups excluding tert-OH is 1. The summed E-state index contributed by atoms with van der Waals surface area (Å²) in [7, 11) is -6.40. The highest BCUT2D eigenvalue weighted by Gasteiger charge is 1.93. The zero-order chi connectivity index (χ0) is 11.4. The van der Waals surface area contributed by atoms with Gasteiger partial charge >= 0.3 is 16.5 Å². The number of hydrogen-bond donors (Lipinski definition) is 5. The van der Waals surface area contributed by atoms with Crippen LogP contribution in [0.3, 0.4) is 0 Å². The molecule has 2 unspecified atom stereocenters. The lowest BCUT2D eigenvalue weighted by molar-refractivity contribution is 0.293. The van der Waals surface area contributed by atoms with Gasteiger partial charge in [0.15, 0.2) is 0 Å². The van der Waals surface area contributed by atoms with Gasteiger partial charge in [-0.25, -0.2) is 4.31 Å². The van der Waals surface area contributed by atoms with Crippen LogP contribution in [0, 0.1) is 0 Å². The fourth-order valence-electron chi connectivity index (χ4n) is 0.381. The molecule has 0 saturated carbocycles. The first-order valence-corrected chi connectivity index (χ1v) is 6.22. The summed E-state index contributed by atoms with van der Waals surface area (Å²) in [6.07, 6.45) is 0. The predicted octanol–water partition coefficient (Wildman–Crippen LogP) is -1.71. The van der Waals surface area contributed by atoms with Crippen molar-refractivity contribution in [3.63, 3.8) is 0 Å². The fraction of sp³-hybridized carbons (Fsp3) is 1.00. The smallest absolute Gasteiger partial charge is 0.323 e. The molecular formula is C4H16N2O6P2. The second kappa shape index (κ2) is 13.2. The van der Waals surface area contributed by atoms with Crippen molar-refractivity contribution in [3.8, 4) is 0 Å². The molecule has 0 spiro atoms. The highest BCUT2D eigenvalue weighted by Crippen LogP contribution is 2.30. The first-order chi connectivity index (χ1) is 6.54. The second-order valence-corrected chi connectivity index (χ2v) is 3.78. The summed E-state index contributed by atoms with van der Waals surface area (Å²) in [6, 6.07) is 0. The van der Waals surface area contributed by atoms with Crippen LogP contribution in [0.5, 0.6) is 0 Å². The Balaban J connectivity index is 0. The highest BCUT2D eigenvalue weighted by atomic mass is 31.2. The molecule has 2 atom stereocenters. The largest absolute Gasteiger partial charge is 0.395 e. The lowest BCUT2D eigenvalue weighted by Crippen LogP contribution is -2.24. The Bertz CT molecular complexity index is 152. The van der Waals surface area contributed by atoms with Gasteiger partial charge in [-0.3, -0.25) is 9.13 Å². The molecule has 6 N–H and O–H groups in total. The molecule has 0 aliphatic carbocycles. The molecule has 0 aromatic heterocycles. The van der Waals surface area contributed by atoms with Crippen molar-refractivity contribution >= 4 is 16.5 Å². The van der Waals surface area contributed by atoms with Crippen molar-refractivity contribution in [2.45, 2.75) is 0 Å². The molecular weight excluding hydrogens is 234 g/mol. The van der Waals surface area contributed by atoms with Crippen LogP contribution in [0.15, 0.2) is 0 Å². The normalized spacial score (nSPS) is 14.0. The van der Waals surface area contributed by atoms with Crippen molar-refractivity contribution < 1.29 is 28.3 Å².